The van der Waals surface area contributed by atoms with E-state index < -0.39 is 23.2 Å². The van der Waals surface area contributed by atoms with Crippen LogP contribution < -0.4 is 4.90 Å². The average Bonchev–Trinajstić information content (AvgIpc) is 2.96. The maximum atomic E-state index is 14.2. The van der Waals surface area contributed by atoms with Crippen LogP contribution in [0.25, 0.3) is 0 Å². The van der Waals surface area contributed by atoms with E-state index >= 15 is 0 Å². The van der Waals surface area contributed by atoms with E-state index in [1.807, 2.05) is 18.2 Å². The number of amides is 2. The number of carbonyl (C=O) groups is 2. The summed E-state index contributed by atoms with van der Waals surface area (Å²) in [5.74, 6) is -0.762. The van der Waals surface area contributed by atoms with Gasteiger partial charge in [0.1, 0.15) is 0 Å². The van der Waals surface area contributed by atoms with Crippen molar-refractivity contribution in [3.63, 3.8) is 0 Å². The molecule has 0 unspecified atom stereocenters. The van der Waals surface area contributed by atoms with E-state index in [0.29, 0.717) is 34.9 Å². The zero-order chi connectivity index (χ0) is 30.7. The number of nitrogens with zero attached hydrogens (tertiary/aromatic N) is 4. The lowest BCUT2D eigenvalue weighted by Crippen LogP contribution is -2.57. The second-order valence-electron chi connectivity index (χ2n) is 11.5. The molecule has 0 saturated carbocycles. The number of halogens is 4. The highest BCUT2D eigenvalue weighted by Crippen LogP contribution is 2.42. The van der Waals surface area contributed by atoms with Gasteiger partial charge >= 0.3 is 6.18 Å². The zero-order valence-corrected chi connectivity index (χ0v) is 24.6. The van der Waals surface area contributed by atoms with E-state index in [1.165, 1.54) is 17.0 Å². The molecule has 1 atom stereocenters. The van der Waals surface area contributed by atoms with Crippen molar-refractivity contribution in [3.05, 3.63) is 64.2 Å². The van der Waals surface area contributed by atoms with Gasteiger partial charge in [0.05, 0.1) is 23.1 Å². The van der Waals surface area contributed by atoms with Gasteiger partial charge in [-0.3, -0.25) is 9.59 Å². The van der Waals surface area contributed by atoms with E-state index in [-0.39, 0.29) is 31.3 Å². The lowest BCUT2D eigenvalue weighted by atomic mass is 9.82. The summed E-state index contributed by atoms with van der Waals surface area (Å²) < 4.78 is 42.5. The SMILES string of the molecule is CN(C)C(=O)c1ccc(N2CCC(CC3CCN(C(=O)[C@](O)(c4cccc(CC#N)c4)C(F)(F)F)CC3)CC2)cc1Cl. The van der Waals surface area contributed by atoms with Crippen LogP contribution in [0.5, 0.6) is 0 Å². The molecule has 2 aliphatic rings. The first kappa shape index (κ1) is 31.6. The maximum Gasteiger partial charge on any atom is 0.430 e. The molecule has 0 spiro atoms. The second kappa shape index (κ2) is 12.9. The van der Waals surface area contributed by atoms with Crippen LogP contribution in [0.1, 0.15) is 53.6 Å². The molecule has 2 aromatic rings. The van der Waals surface area contributed by atoms with Crippen molar-refractivity contribution in [2.45, 2.75) is 50.3 Å². The van der Waals surface area contributed by atoms with Crippen molar-refractivity contribution in [2.24, 2.45) is 11.8 Å². The number of anilines is 1. The standard InChI is InChI=1S/C31H36ClF3N4O3/c1-37(2)28(40)26-7-6-25(20-27(26)32)38-14-9-22(10-15-38)18-23-11-16-39(17-12-23)29(41)30(42,31(33,34)35)24-5-3-4-21(19-24)8-13-36/h3-7,19-20,22-23,42H,8-12,14-18H2,1-2H3/t30-/m1/s1. The fourth-order valence-electron chi connectivity index (χ4n) is 6.02. The van der Waals surface area contributed by atoms with Gasteiger partial charge in [-0.25, -0.2) is 0 Å². The number of alkyl halides is 3. The van der Waals surface area contributed by atoms with Crippen LogP contribution in [0.4, 0.5) is 18.9 Å². The summed E-state index contributed by atoms with van der Waals surface area (Å²) in [4.78, 5) is 30.3. The summed E-state index contributed by atoms with van der Waals surface area (Å²) >= 11 is 6.39. The summed E-state index contributed by atoms with van der Waals surface area (Å²) in [6, 6.07) is 12.3. The van der Waals surface area contributed by atoms with Crippen LogP contribution in [0.3, 0.4) is 0 Å². The molecular weight excluding hydrogens is 569 g/mol. The average molecular weight is 605 g/mol. The molecule has 11 heteroatoms. The highest BCUT2D eigenvalue weighted by atomic mass is 35.5. The molecule has 2 aromatic carbocycles. The van der Waals surface area contributed by atoms with Gasteiger partial charge in [-0.05, 0) is 67.7 Å². The Bertz CT molecular complexity index is 1330. The number of likely N-dealkylation sites (tertiary alicyclic amines) is 1. The van der Waals surface area contributed by atoms with Gasteiger partial charge in [0, 0.05) is 51.5 Å². The number of hydrogen-bond acceptors (Lipinski definition) is 5. The smallest absolute Gasteiger partial charge is 0.371 e. The van der Waals surface area contributed by atoms with Crippen molar-refractivity contribution in [3.8, 4) is 6.07 Å². The molecule has 2 saturated heterocycles. The van der Waals surface area contributed by atoms with E-state index in [1.54, 1.807) is 20.2 Å². The lowest BCUT2D eigenvalue weighted by molar-refractivity contribution is -0.262. The molecule has 1 N–H and O–H groups in total. The molecule has 226 valence electrons. The Kier molecular flexibility index (Phi) is 9.74. The van der Waals surface area contributed by atoms with E-state index in [0.717, 1.165) is 55.1 Å². The maximum absolute atomic E-state index is 14.2. The Hall–Kier alpha value is -3.29. The Morgan fingerprint density at radius 2 is 1.64 bits per heavy atom. The molecular formula is C31H36ClF3N4O3. The molecule has 42 heavy (non-hydrogen) atoms. The molecule has 2 aliphatic heterocycles. The van der Waals surface area contributed by atoms with Crippen molar-refractivity contribution in [1.82, 2.24) is 9.80 Å². The molecule has 4 rings (SSSR count). The first-order valence-electron chi connectivity index (χ1n) is 14.2. The van der Waals surface area contributed by atoms with E-state index in [2.05, 4.69) is 4.90 Å². The normalized spacial score (nSPS) is 18.3. The van der Waals surface area contributed by atoms with Gasteiger partial charge in [0.25, 0.3) is 17.4 Å². The number of benzene rings is 2. The van der Waals surface area contributed by atoms with Gasteiger partial charge in [0.2, 0.25) is 0 Å². The number of carbonyl (C=O) groups excluding carboxylic acids is 2. The lowest BCUT2D eigenvalue weighted by Gasteiger charge is -2.40. The number of aliphatic hydroxyl groups is 1. The summed E-state index contributed by atoms with van der Waals surface area (Å²) in [6.07, 6.45) is -1.34. The predicted molar refractivity (Wildman–Crippen MR) is 154 cm³/mol. The molecule has 0 aliphatic carbocycles. The van der Waals surface area contributed by atoms with Crippen LogP contribution in [0, 0.1) is 23.2 Å². The third-order valence-electron chi connectivity index (χ3n) is 8.49. The predicted octanol–water partition coefficient (Wildman–Crippen LogP) is 5.40. The highest BCUT2D eigenvalue weighted by molar-refractivity contribution is 6.34. The van der Waals surface area contributed by atoms with Crippen LogP contribution in [-0.2, 0) is 16.8 Å². The fourth-order valence-corrected chi connectivity index (χ4v) is 6.28. The summed E-state index contributed by atoms with van der Waals surface area (Å²) in [5.41, 5.74) is -2.50. The molecule has 2 amide bonds. The third kappa shape index (κ3) is 6.68. The third-order valence-corrected chi connectivity index (χ3v) is 8.80. The molecule has 2 heterocycles. The summed E-state index contributed by atoms with van der Waals surface area (Å²) in [7, 11) is 3.36. The molecule has 7 nitrogen and oxygen atoms in total. The summed E-state index contributed by atoms with van der Waals surface area (Å²) in [5, 5.41) is 20.2. The monoisotopic (exact) mass is 604 g/mol. The van der Waals surface area contributed by atoms with E-state index in [9.17, 15) is 27.9 Å². The minimum absolute atomic E-state index is 0.127. The minimum atomic E-state index is -5.22. The van der Waals surface area contributed by atoms with Crippen LogP contribution in [0.15, 0.2) is 42.5 Å². The van der Waals surface area contributed by atoms with Crippen molar-refractivity contribution < 1.29 is 27.9 Å². The summed E-state index contributed by atoms with van der Waals surface area (Å²) in [6.45, 7) is 1.97. The molecule has 0 radical (unpaired) electrons. The number of piperidine rings is 2. The highest BCUT2D eigenvalue weighted by Gasteiger charge is 2.62. The number of rotatable bonds is 7. The van der Waals surface area contributed by atoms with Crippen LogP contribution >= 0.6 is 11.6 Å². The Morgan fingerprint density at radius 1 is 1.02 bits per heavy atom. The second-order valence-corrected chi connectivity index (χ2v) is 11.9. The van der Waals surface area contributed by atoms with Crippen molar-refractivity contribution >= 4 is 29.1 Å². The fraction of sp³-hybridized carbons (Fsp3) is 0.516. The quantitative estimate of drug-likeness (QED) is 0.457. The molecule has 0 aromatic heterocycles. The van der Waals surface area contributed by atoms with Crippen LogP contribution in [0.2, 0.25) is 5.02 Å². The number of nitriles is 1. The van der Waals surface area contributed by atoms with Gasteiger partial charge in [-0.1, -0.05) is 35.9 Å². The molecule has 2 fully saturated rings. The van der Waals surface area contributed by atoms with Gasteiger partial charge < -0.3 is 19.8 Å². The first-order valence-corrected chi connectivity index (χ1v) is 14.5. The van der Waals surface area contributed by atoms with Crippen LogP contribution in [-0.4, -0.2) is 73.2 Å². The van der Waals surface area contributed by atoms with Gasteiger partial charge in [-0.15, -0.1) is 0 Å². The Balaban J connectivity index is 1.32. The molecule has 0 bridgehead atoms. The van der Waals surface area contributed by atoms with E-state index in [4.69, 9.17) is 16.9 Å². The minimum Gasteiger partial charge on any atom is -0.371 e. The van der Waals surface area contributed by atoms with Gasteiger partial charge in [-0.2, -0.15) is 18.4 Å². The van der Waals surface area contributed by atoms with Crippen molar-refractivity contribution in [2.75, 3.05) is 45.2 Å². The zero-order valence-electron chi connectivity index (χ0n) is 23.8. The number of hydrogen-bond donors (Lipinski definition) is 1. The first-order chi connectivity index (χ1) is 19.8. The topological polar surface area (TPSA) is 87.9 Å². The van der Waals surface area contributed by atoms with Gasteiger partial charge in [0.15, 0.2) is 0 Å². The Labute approximate surface area is 249 Å². The Morgan fingerprint density at radius 3 is 2.19 bits per heavy atom. The van der Waals surface area contributed by atoms with Crippen molar-refractivity contribution in [1.29, 1.82) is 5.26 Å². The largest absolute Gasteiger partial charge is 0.430 e.